The van der Waals surface area contributed by atoms with Crippen molar-refractivity contribution in [3.63, 3.8) is 0 Å². The Morgan fingerprint density at radius 1 is 1.50 bits per heavy atom. The van der Waals surface area contributed by atoms with E-state index in [1.54, 1.807) is 0 Å². The van der Waals surface area contributed by atoms with Gasteiger partial charge in [-0.25, -0.2) is 4.79 Å². The molecule has 1 heterocycles. The molecule has 0 aromatic carbocycles. The van der Waals surface area contributed by atoms with E-state index >= 15 is 0 Å². The monoisotopic (exact) mass is 245 g/mol. The smallest absolute Gasteiger partial charge is 0.412 e. The number of amides is 1. The highest BCUT2D eigenvalue weighted by Gasteiger charge is 2.44. The van der Waals surface area contributed by atoms with Gasteiger partial charge in [-0.05, 0) is 34.6 Å². The summed E-state index contributed by atoms with van der Waals surface area (Å²) in [6, 6.07) is 0. The van der Waals surface area contributed by atoms with Crippen LogP contribution in [0.5, 0.6) is 0 Å². The normalized spacial score (nSPS) is 24.3. The number of nitrogens with zero attached hydrogens (tertiary/aromatic N) is 1. The zero-order chi connectivity index (χ0) is 12.6. The highest BCUT2D eigenvalue weighted by molar-refractivity contribution is 8.00. The summed E-state index contributed by atoms with van der Waals surface area (Å²) < 4.78 is 5.30. The number of carbonyl (C=O) groups excluding carboxylic acids is 2. The number of hydrogen-bond donors (Lipinski definition) is 0. The van der Waals surface area contributed by atoms with E-state index in [-0.39, 0.29) is 5.54 Å². The van der Waals surface area contributed by atoms with Crippen molar-refractivity contribution in [3.05, 3.63) is 0 Å². The Morgan fingerprint density at radius 2 is 2.06 bits per heavy atom. The topological polar surface area (TPSA) is 46.6 Å². The lowest BCUT2D eigenvalue weighted by Crippen LogP contribution is -2.50. The molecule has 5 heteroatoms. The number of aldehydes is 1. The third kappa shape index (κ3) is 2.90. The number of carbonyl (C=O) groups is 2. The second-order valence-electron chi connectivity index (χ2n) is 5.50. The molecule has 1 amide bonds. The number of hydrogen-bond acceptors (Lipinski definition) is 4. The molecule has 0 saturated carbocycles. The summed E-state index contributed by atoms with van der Waals surface area (Å²) in [6.07, 6.45) is 0.378. The van der Waals surface area contributed by atoms with Gasteiger partial charge in [-0.2, -0.15) is 0 Å². The third-order valence-electron chi connectivity index (χ3n) is 2.22. The molecule has 0 spiro atoms. The van der Waals surface area contributed by atoms with Gasteiger partial charge in [-0.3, -0.25) is 4.90 Å². The fourth-order valence-electron chi connectivity index (χ4n) is 1.54. The van der Waals surface area contributed by atoms with Crippen LogP contribution in [0.3, 0.4) is 0 Å². The first-order chi connectivity index (χ1) is 7.17. The Labute approximate surface area is 101 Å². The molecule has 1 aliphatic rings. The Morgan fingerprint density at radius 3 is 2.50 bits per heavy atom. The van der Waals surface area contributed by atoms with Crippen molar-refractivity contribution in [3.8, 4) is 0 Å². The Kier molecular flexibility index (Phi) is 3.57. The van der Waals surface area contributed by atoms with E-state index in [4.69, 9.17) is 4.74 Å². The minimum absolute atomic E-state index is 0.335. The fraction of sp³-hybridized carbons (Fsp3) is 0.818. The molecule has 0 N–H and O–H groups in total. The average Bonchev–Trinajstić information content (AvgIpc) is 2.37. The van der Waals surface area contributed by atoms with Crippen molar-refractivity contribution in [1.82, 2.24) is 4.90 Å². The van der Waals surface area contributed by atoms with Crippen molar-refractivity contribution in [2.24, 2.45) is 0 Å². The van der Waals surface area contributed by atoms with E-state index < -0.39 is 17.1 Å². The third-order valence-corrected chi connectivity index (χ3v) is 3.76. The molecule has 1 fully saturated rings. The maximum atomic E-state index is 12.0. The van der Waals surface area contributed by atoms with Crippen LogP contribution in [0.15, 0.2) is 0 Å². The minimum atomic E-state index is -0.534. The summed E-state index contributed by atoms with van der Waals surface area (Å²) in [6.45, 7) is 9.33. The van der Waals surface area contributed by atoms with Crippen molar-refractivity contribution in [1.29, 1.82) is 0 Å². The first-order valence-corrected chi connectivity index (χ1v) is 6.31. The largest absolute Gasteiger partial charge is 0.444 e. The molecule has 0 radical (unpaired) electrons. The van der Waals surface area contributed by atoms with Crippen LogP contribution in [0.1, 0.15) is 34.6 Å². The average molecular weight is 245 g/mol. The van der Waals surface area contributed by atoms with Crippen molar-refractivity contribution >= 4 is 24.1 Å². The van der Waals surface area contributed by atoms with E-state index in [2.05, 4.69) is 0 Å². The van der Waals surface area contributed by atoms with Gasteiger partial charge >= 0.3 is 6.09 Å². The summed E-state index contributed by atoms with van der Waals surface area (Å²) >= 11 is 1.47. The van der Waals surface area contributed by atoms with Crippen LogP contribution in [-0.2, 0) is 9.53 Å². The molecule has 0 unspecified atom stereocenters. The van der Waals surface area contributed by atoms with Crippen LogP contribution >= 0.6 is 11.8 Å². The standard InChI is InChI=1S/C11H19NO3S/c1-10(2,3)15-9(14)12-8(6-13)16-7-11(12,4)5/h6,8H,7H2,1-5H3/t8-/m0/s1. The summed E-state index contributed by atoms with van der Waals surface area (Å²) in [5.74, 6) is 0.746. The predicted molar refractivity (Wildman–Crippen MR) is 64.5 cm³/mol. The Balaban J connectivity index is 2.83. The zero-order valence-electron chi connectivity index (χ0n) is 10.4. The quantitative estimate of drug-likeness (QED) is 0.665. The van der Waals surface area contributed by atoms with Crippen molar-refractivity contribution in [2.75, 3.05) is 5.75 Å². The Bertz CT molecular complexity index is 296. The van der Waals surface area contributed by atoms with E-state index in [1.807, 2.05) is 34.6 Å². The van der Waals surface area contributed by atoms with Crippen LogP contribution in [0.2, 0.25) is 0 Å². The SMILES string of the molecule is CC(C)(C)OC(=O)N1[C@H](C=O)SCC1(C)C. The van der Waals surface area contributed by atoms with E-state index in [1.165, 1.54) is 16.7 Å². The van der Waals surface area contributed by atoms with Crippen LogP contribution in [0.25, 0.3) is 0 Å². The Hall–Kier alpha value is -0.710. The van der Waals surface area contributed by atoms with Gasteiger partial charge in [0.1, 0.15) is 11.0 Å². The molecule has 1 rings (SSSR count). The minimum Gasteiger partial charge on any atom is -0.444 e. The van der Waals surface area contributed by atoms with Crippen LogP contribution < -0.4 is 0 Å². The van der Waals surface area contributed by atoms with E-state index in [9.17, 15) is 9.59 Å². The number of rotatable bonds is 1. The van der Waals surface area contributed by atoms with Gasteiger partial charge in [0.25, 0.3) is 0 Å². The predicted octanol–water partition coefficient (Wildman–Crippen LogP) is 2.27. The zero-order valence-corrected chi connectivity index (χ0v) is 11.3. The lowest BCUT2D eigenvalue weighted by Gasteiger charge is -2.34. The molecule has 92 valence electrons. The summed E-state index contributed by atoms with van der Waals surface area (Å²) in [5.41, 5.74) is -0.869. The molecule has 4 nitrogen and oxygen atoms in total. The highest BCUT2D eigenvalue weighted by Crippen LogP contribution is 2.36. The summed E-state index contributed by atoms with van der Waals surface area (Å²) in [5, 5.41) is -0.426. The van der Waals surface area contributed by atoms with Gasteiger partial charge in [0.2, 0.25) is 0 Å². The summed E-state index contributed by atoms with van der Waals surface area (Å²) in [7, 11) is 0. The molecule has 0 aliphatic carbocycles. The van der Waals surface area contributed by atoms with Crippen molar-refractivity contribution < 1.29 is 14.3 Å². The first kappa shape index (κ1) is 13.4. The number of ether oxygens (including phenoxy) is 1. The summed E-state index contributed by atoms with van der Waals surface area (Å²) in [4.78, 5) is 24.4. The highest BCUT2D eigenvalue weighted by atomic mass is 32.2. The molecule has 0 aromatic heterocycles. The second-order valence-corrected chi connectivity index (χ2v) is 6.61. The van der Waals surface area contributed by atoms with Gasteiger partial charge < -0.3 is 9.53 Å². The van der Waals surface area contributed by atoms with Gasteiger partial charge in [-0.15, -0.1) is 11.8 Å². The first-order valence-electron chi connectivity index (χ1n) is 5.26. The number of thioether (sulfide) groups is 1. The molecule has 1 atom stereocenters. The van der Waals surface area contributed by atoms with Gasteiger partial charge in [0.05, 0.1) is 5.54 Å². The maximum Gasteiger partial charge on any atom is 0.412 e. The molecule has 1 aliphatic heterocycles. The van der Waals surface area contributed by atoms with Gasteiger partial charge in [0, 0.05) is 5.75 Å². The maximum absolute atomic E-state index is 12.0. The lowest BCUT2D eigenvalue weighted by atomic mass is 10.1. The van der Waals surface area contributed by atoms with E-state index in [0.717, 1.165) is 12.0 Å². The molecule has 0 bridgehead atoms. The molecule has 1 saturated heterocycles. The molecular formula is C11H19NO3S. The van der Waals surface area contributed by atoms with Gasteiger partial charge in [-0.1, -0.05) is 0 Å². The fourth-order valence-corrected chi connectivity index (χ4v) is 2.86. The second kappa shape index (κ2) is 4.28. The molecule has 16 heavy (non-hydrogen) atoms. The van der Waals surface area contributed by atoms with Crippen LogP contribution in [0.4, 0.5) is 4.79 Å². The lowest BCUT2D eigenvalue weighted by molar-refractivity contribution is -0.110. The van der Waals surface area contributed by atoms with Crippen molar-refractivity contribution in [2.45, 2.75) is 51.1 Å². The van der Waals surface area contributed by atoms with E-state index in [0.29, 0.717) is 0 Å². The van der Waals surface area contributed by atoms with Crippen LogP contribution in [-0.4, -0.2) is 39.5 Å². The van der Waals surface area contributed by atoms with Gasteiger partial charge in [0.15, 0.2) is 6.29 Å². The molecule has 0 aromatic rings. The van der Waals surface area contributed by atoms with Crippen LogP contribution in [0, 0.1) is 0 Å². The molecular weight excluding hydrogens is 226 g/mol.